The van der Waals surface area contributed by atoms with E-state index in [9.17, 15) is 4.39 Å². The Morgan fingerprint density at radius 2 is 2.12 bits per heavy atom. The molecule has 41 valence electrons. The van der Waals surface area contributed by atoms with Crippen LogP contribution in [0.2, 0.25) is 0 Å². The van der Waals surface area contributed by atoms with Crippen LogP contribution in [-0.4, -0.2) is 16.0 Å². The zero-order valence-electron chi connectivity index (χ0n) is 4.10. The van der Waals surface area contributed by atoms with Crippen molar-refractivity contribution in [3.63, 3.8) is 0 Å². The van der Waals surface area contributed by atoms with E-state index in [-0.39, 0.29) is 5.82 Å². The number of hydrogen-bond donors (Lipinski definition) is 0. The molecule has 0 saturated carbocycles. The van der Waals surface area contributed by atoms with Gasteiger partial charge in [0.05, 0.1) is 0 Å². The second-order valence-corrected chi connectivity index (χ2v) is 2.45. The Labute approximate surface area is 55.5 Å². The average molecular weight is 174 g/mol. The van der Waals surface area contributed by atoms with Gasteiger partial charge in [0.25, 0.3) is 0 Å². The van der Waals surface area contributed by atoms with E-state index in [0.717, 1.165) is 4.46 Å². The van der Waals surface area contributed by atoms with Gasteiger partial charge in [0, 0.05) is 0 Å². The summed E-state index contributed by atoms with van der Waals surface area (Å²) in [6.07, 6.45) is 0. The van der Waals surface area contributed by atoms with Crippen molar-refractivity contribution < 1.29 is 4.39 Å². The normalized spacial score (nSPS) is 9.12. The van der Waals surface area contributed by atoms with Gasteiger partial charge in [-0.2, -0.15) is 0 Å². The second kappa shape index (κ2) is 2.29. The molecule has 0 fully saturated rings. The van der Waals surface area contributed by atoms with Crippen LogP contribution >= 0.6 is 0 Å². The SMILES string of the molecule is Fc1cccc([Se])c1. The van der Waals surface area contributed by atoms with Crippen LogP contribution < -0.4 is 4.46 Å². The molecule has 1 aromatic carbocycles. The van der Waals surface area contributed by atoms with Crippen molar-refractivity contribution in [2.24, 2.45) is 0 Å². The summed E-state index contributed by atoms with van der Waals surface area (Å²) in [6.45, 7) is 0. The molecule has 0 atom stereocenters. The molecule has 0 aliphatic heterocycles. The van der Waals surface area contributed by atoms with Gasteiger partial charge in [0.15, 0.2) is 0 Å². The molecule has 8 heavy (non-hydrogen) atoms. The molecule has 0 bridgehead atoms. The van der Waals surface area contributed by atoms with Crippen LogP contribution in [0.25, 0.3) is 0 Å². The van der Waals surface area contributed by atoms with Crippen LogP contribution in [0, 0.1) is 5.82 Å². The van der Waals surface area contributed by atoms with Crippen LogP contribution in [-0.2, 0) is 0 Å². The van der Waals surface area contributed by atoms with Gasteiger partial charge in [-0.25, -0.2) is 0 Å². The van der Waals surface area contributed by atoms with Crippen LogP contribution in [0.3, 0.4) is 0 Å². The molecular weight excluding hydrogens is 170 g/mol. The Kier molecular flexibility index (Phi) is 1.66. The van der Waals surface area contributed by atoms with E-state index in [1.807, 2.05) is 6.07 Å². The minimum absolute atomic E-state index is 0.193. The first-order chi connectivity index (χ1) is 3.79. The Balaban J connectivity index is 3.08. The standard InChI is InChI=1S/C6H4FSe/c7-5-2-1-3-6(8)4-5/h1-4H. The molecule has 1 radical (unpaired) electrons. The van der Waals surface area contributed by atoms with E-state index >= 15 is 0 Å². The zero-order valence-corrected chi connectivity index (χ0v) is 5.81. The minimum atomic E-state index is -0.193. The third-order valence-corrected chi connectivity index (χ3v) is 1.33. The van der Waals surface area contributed by atoms with Crippen molar-refractivity contribution in [3.05, 3.63) is 30.1 Å². The fourth-order valence-electron chi connectivity index (χ4n) is 0.467. The van der Waals surface area contributed by atoms with E-state index in [1.165, 1.54) is 12.1 Å². The van der Waals surface area contributed by atoms with Gasteiger partial charge < -0.3 is 0 Å². The van der Waals surface area contributed by atoms with E-state index in [2.05, 4.69) is 16.0 Å². The first-order valence-electron chi connectivity index (χ1n) is 2.21. The summed E-state index contributed by atoms with van der Waals surface area (Å²) in [6, 6.07) is 6.34. The Hall–Kier alpha value is -0.331. The molecule has 1 aromatic rings. The number of halogens is 1. The maximum atomic E-state index is 12.1. The van der Waals surface area contributed by atoms with Crippen molar-refractivity contribution in [2.45, 2.75) is 0 Å². The third kappa shape index (κ3) is 1.32. The zero-order chi connectivity index (χ0) is 5.98. The fraction of sp³-hybridized carbons (Fsp3) is 0. The first kappa shape index (κ1) is 5.80. The fourth-order valence-corrected chi connectivity index (χ4v) is 0.868. The van der Waals surface area contributed by atoms with Crippen molar-refractivity contribution in [1.29, 1.82) is 0 Å². The van der Waals surface area contributed by atoms with Crippen molar-refractivity contribution in [1.82, 2.24) is 0 Å². The molecular formula is C6H4FSe. The van der Waals surface area contributed by atoms with Gasteiger partial charge in [-0.05, 0) is 0 Å². The molecule has 0 amide bonds. The van der Waals surface area contributed by atoms with Gasteiger partial charge in [-0.15, -0.1) is 0 Å². The summed E-state index contributed by atoms with van der Waals surface area (Å²) in [7, 11) is 0. The molecule has 0 saturated heterocycles. The predicted molar refractivity (Wildman–Crippen MR) is 31.8 cm³/mol. The second-order valence-electron chi connectivity index (χ2n) is 1.46. The molecule has 0 aliphatic rings. The Bertz CT molecular complexity index is 168. The van der Waals surface area contributed by atoms with Gasteiger partial charge in [-0.3, -0.25) is 0 Å². The van der Waals surface area contributed by atoms with Crippen LogP contribution in [0.5, 0.6) is 0 Å². The van der Waals surface area contributed by atoms with Gasteiger partial charge in [0.2, 0.25) is 0 Å². The summed E-state index contributed by atoms with van der Waals surface area (Å²) in [5.74, 6) is -0.193. The van der Waals surface area contributed by atoms with Crippen LogP contribution in [0.15, 0.2) is 24.3 Å². The molecule has 0 nitrogen and oxygen atoms in total. The molecule has 0 unspecified atom stereocenters. The molecule has 0 aliphatic carbocycles. The molecule has 0 aromatic heterocycles. The first-order valence-corrected chi connectivity index (χ1v) is 3.07. The summed E-state index contributed by atoms with van der Waals surface area (Å²) >= 11 is 2.70. The summed E-state index contributed by atoms with van der Waals surface area (Å²) in [5.41, 5.74) is 0. The third-order valence-electron chi connectivity index (χ3n) is 0.796. The van der Waals surface area contributed by atoms with E-state index < -0.39 is 0 Å². The maximum absolute atomic E-state index is 12.1. The monoisotopic (exact) mass is 175 g/mol. The molecule has 2 heteroatoms. The molecule has 1 rings (SSSR count). The van der Waals surface area contributed by atoms with Crippen molar-refractivity contribution in [3.8, 4) is 0 Å². The van der Waals surface area contributed by atoms with Crippen LogP contribution in [0.1, 0.15) is 0 Å². The number of hydrogen-bond acceptors (Lipinski definition) is 0. The number of benzene rings is 1. The molecule has 0 spiro atoms. The average Bonchev–Trinajstić information content (AvgIpc) is 1.64. The summed E-state index contributed by atoms with van der Waals surface area (Å²) in [5, 5.41) is 0. The topological polar surface area (TPSA) is 0 Å². The Morgan fingerprint density at radius 1 is 1.38 bits per heavy atom. The van der Waals surface area contributed by atoms with Gasteiger partial charge in [0.1, 0.15) is 0 Å². The van der Waals surface area contributed by atoms with Gasteiger partial charge in [-0.1, -0.05) is 0 Å². The molecule has 0 N–H and O–H groups in total. The van der Waals surface area contributed by atoms with Crippen molar-refractivity contribution in [2.75, 3.05) is 0 Å². The van der Waals surface area contributed by atoms with Crippen LogP contribution in [0.4, 0.5) is 4.39 Å². The van der Waals surface area contributed by atoms with Gasteiger partial charge >= 0.3 is 54.9 Å². The Morgan fingerprint density at radius 3 is 2.50 bits per heavy atom. The van der Waals surface area contributed by atoms with E-state index in [0.29, 0.717) is 0 Å². The summed E-state index contributed by atoms with van der Waals surface area (Å²) < 4.78 is 13.0. The van der Waals surface area contributed by atoms with Crippen molar-refractivity contribution >= 4 is 20.5 Å². The molecule has 0 heterocycles. The summed E-state index contributed by atoms with van der Waals surface area (Å²) in [4.78, 5) is 0. The van der Waals surface area contributed by atoms with E-state index in [1.54, 1.807) is 6.07 Å². The number of rotatable bonds is 0. The van der Waals surface area contributed by atoms with E-state index in [4.69, 9.17) is 0 Å². The predicted octanol–water partition coefficient (Wildman–Crippen LogP) is 0.620. The quantitative estimate of drug-likeness (QED) is 0.506.